The van der Waals surface area contributed by atoms with E-state index >= 15 is 0 Å². The maximum Gasteiger partial charge on any atom is 0.322 e. The van der Waals surface area contributed by atoms with E-state index in [2.05, 4.69) is 20.7 Å². The summed E-state index contributed by atoms with van der Waals surface area (Å²) < 4.78 is 4.94. The molecule has 0 fully saturated rings. The van der Waals surface area contributed by atoms with E-state index in [9.17, 15) is 9.59 Å². The second-order valence-electron chi connectivity index (χ2n) is 6.37. The number of amides is 3. The average molecular weight is 442 g/mol. The lowest BCUT2D eigenvalue weighted by atomic mass is 10.3. The second kappa shape index (κ2) is 11.0. The molecule has 2 aromatic rings. The van der Waals surface area contributed by atoms with Crippen LogP contribution >= 0.6 is 23.2 Å². The second-order valence-corrected chi connectivity index (χ2v) is 7.22. The average Bonchev–Trinajstić information content (AvgIpc) is 3.08. The molecule has 0 aliphatic carbocycles. The number of benzene rings is 1. The van der Waals surface area contributed by atoms with Gasteiger partial charge < -0.3 is 25.0 Å². The SMILES string of the molecule is CCN(CC)CCN(CC(=O)Nc1cc(C)on1)C(=O)Nc1ccc(Cl)cc1Cl. The zero-order valence-corrected chi connectivity index (χ0v) is 18.2. The Morgan fingerprint density at radius 2 is 1.83 bits per heavy atom. The first-order valence-corrected chi connectivity index (χ1v) is 10.0. The molecule has 0 saturated heterocycles. The van der Waals surface area contributed by atoms with Gasteiger partial charge in [-0.25, -0.2) is 4.79 Å². The standard InChI is InChI=1S/C19H25Cl2N5O3/c1-4-25(5-2)8-9-26(12-18(27)23-17-10-13(3)29-24-17)19(28)22-16-7-6-14(20)11-15(16)21/h6-7,10-11H,4-5,8-9,12H2,1-3H3,(H,22,28)(H,23,24,27). The minimum atomic E-state index is -0.437. The third-order valence-electron chi connectivity index (χ3n) is 4.27. The van der Waals surface area contributed by atoms with E-state index in [0.29, 0.717) is 40.4 Å². The predicted octanol–water partition coefficient (Wildman–Crippen LogP) is 4.10. The molecule has 0 spiro atoms. The van der Waals surface area contributed by atoms with E-state index in [4.69, 9.17) is 27.7 Å². The molecule has 1 aromatic heterocycles. The van der Waals surface area contributed by atoms with E-state index in [0.717, 1.165) is 13.1 Å². The van der Waals surface area contributed by atoms with Crippen LogP contribution in [0.3, 0.4) is 0 Å². The van der Waals surface area contributed by atoms with Crippen molar-refractivity contribution >= 4 is 46.6 Å². The molecule has 8 nitrogen and oxygen atoms in total. The number of anilines is 2. The summed E-state index contributed by atoms with van der Waals surface area (Å²) in [6.07, 6.45) is 0. The molecule has 0 atom stereocenters. The summed E-state index contributed by atoms with van der Waals surface area (Å²) >= 11 is 12.0. The molecular weight excluding hydrogens is 417 g/mol. The summed E-state index contributed by atoms with van der Waals surface area (Å²) in [5.41, 5.74) is 0.418. The van der Waals surface area contributed by atoms with Gasteiger partial charge in [-0.2, -0.15) is 0 Å². The summed E-state index contributed by atoms with van der Waals surface area (Å²) in [5.74, 6) is 0.501. The first kappa shape index (κ1) is 23.0. The molecule has 3 amide bonds. The highest BCUT2D eigenvalue weighted by molar-refractivity contribution is 6.36. The van der Waals surface area contributed by atoms with E-state index in [1.54, 1.807) is 31.2 Å². The topological polar surface area (TPSA) is 90.7 Å². The Hall–Kier alpha value is -2.29. The molecule has 0 bridgehead atoms. The van der Waals surface area contributed by atoms with Crippen molar-refractivity contribution in [1.82, 2.24) is 15.0 Å². The third-order valence-corrected chi connectivity index (χ3v) is 4.82. The van der Waals surface area contributed by atoms with Crippen molar-refractivity contribution in [3.8, 4) is 0 Å². The van der Waals surface area contributed by atoms with Crippen molar-refractivity contribution in [1.29, 1.82) is 0 Å². The van der Waals surface area contributed by atoms with Crippen LogP contribution in [0.5, 0.6) is 0 Å². The molecule has 0 radical (unpaired) electrons. The fourth-order valence-corrected chi connectivity index (χ4v) is 3.08. The Morgan fingerprint density at radius 1 is 1.10 bits per heavy atom. The number of carbonyl (C=O) groups is 2. The van der Waals surface area contributed by atoms with Crippen molar-refractivity contribution in [2.75, 3.05) is 43.4 Å². The van der Waals surface area contributed by atoms with Crippen LogP contribution in [0.2, 0.25) is 10.0 Å². The molecular formula is C19H25Cl2N5O3. The van der Waals surface area contributed by atoms with Crippen molar-refractivity contribution < 1.29 is 14.1 Å². The minimum Gasteiger partial charge on any atom is -0.360 e. The van der Waals surface area contributed by atoms with Gasteiger partial charge in [-0.3, -0.25) is 4.79 Å². The van der Waals surface area contributed by atoms with E-state index < -0.39 is 6.03 Å². The lowest BCUT2D eigenvalue weighted by molar-refractivity contribution is -0.116. The summed E-state index contributed by atoms with van der Waals surface area (Å²) in [7, 11) is 0. The van der Waals surface area contributed by atoms with Gasteiger partial charge in [-0.1, -0.05) is 42.2 Å². The Labute approximate surface area is 180 Å². The highest BCUT2D eigenvalue weighted by Gasteiger charge is 2.20. The number of aryl methyl sites for hydroxylation is 1. The van der Waals surface area contributed by atoms with Crippen LogP contribution in [-0.2, 0) is 4.79 Å². The van der Waals surface area contributed by atoms with Gasteiger partial charge in [0.05, 0.1) is 10.7 Å². The number of rotatable bonds is 9. The van der Waals surface area contributed by atoms with Gasteiger partial charge in [0, 0.05) is 24.2 Å². The molecule has 0 aliphatic rings. The highest BCUT2D eigenvalue weighted by atomic mass is 35.5. The van der Waals surface area contributed by atoms with E-state index in [1.165, 1.54) is 4.90 Å². The zero-order chi connectivity index (χ0) is 21.4. The minimum absolute atomic E-state index is 0.149. The van der Waals surface area contributed by atoms with Crippen molar-refractivity contribution in [2.45, 2.75) is 20.8 Å². The number of hydrogen-bond acceptors (Lipinski definition) is 5. The molecule has 158 valence electrons. The number of likely N-dealkylation sites (N-methyl/N-ethyl adjacent to an activating group) is 1. The van der Waals surface area contributed by atoms with Crippen molar-refractivity contribution in [3.63, 3.8) is 0 Å². The van der Waals surface area contributed by atoms with Gasteiger partial charge >= 0.3 is 6.03 Å². The number of carbonyl (C=O) groups excluding carboxylic acids is 2. The number of urea groups is 1. The number of hydrogen-bond donors (Lipinski definition) is 2. The fourth-order valence-electron chi connectivity index (χ4n) is 2.62. The van der Waals surface area contributed by atoms with Crippen molar-refractivity contribution in [2.24, 2.45) is 0 Å². The lowest BCUT2D eigenvalue weighted by Crippen LogP contribution is -2.44. The smallest absolute Gasteiger partial charge is 0.322 e. The first-order chi connectivity index (χ1) is 13.8. The van der Waals surface area contributed by atoms with Crippen LogP contribution in [0.15, 0.2) is 28.8 Å². The fraction of sp³-hybridized carbons (Fsp3) is 0.421. The Morgan fingerprint density at radius 3 is 2.41 bits per heavy atom. The number of aromatic nitrogens is 1. The van der Waals surface area contributed by atoms with Crippen LogP contribution in [0.25, 0.3) is 0 Å². The van der Waals surface area contributed by atoms with Gasteiger partial charge in [0.2, 0.25) is 5.91 Å². The van der Waals surface area contributed by atoms with Crippen LogP contribution in [0.4, 0.5) is 16.3 Å². The molecule has 0 aliphatic heterocycles. The Balaban J connectivity index is 2.07. The number of nitrogens with zero attached hydrogens (tertiary/aromatic N) is 3. The van der Waals surface area contributed by atoms with Crippen LogP contribution in [0.1, 0.15) is 19.6 Å². The number of nitrogens with one attached hydrogen (secondary N) is 2. The molecule has 0 saturated carbocycles. The Bertz CT molecular complexity index is 839. The highest BCUT2D eigenvalue weighted by Crippen LogP contribution is 2.25. The molecule has 2 rings (SSSR count). The lowest BCUT2D eigenvalue weighted by Gasteiger charge is -2.26. The zero-order valence-electron chi connectivity index (χ0n) is 16.7. The molecule has 10 heteroatoms. The molecule has 2 N–H and O–H groups in total. The van der Waals surface area contributed by atoms with Crippen LogP contribution in [0, 0.1) is 6.92 Å². The van der Waals surface area contributed by atoms with Gasteiger partial charge in [0.1, 0.15) is 12.3 Å². The van der Waals surface area contributed by atoms with Crippen molar-refractivity contribution in [3.05, 3.63) is 40.1 Å². The molecule has 29 heavy (non-hydrogen) atoms. The maximum atomic E-state index is 12.8. The maximum absolute atomic E-state index is 12.8. The number of halogens is 2. The van der Waals surface area contributed by atoms with Crippen LogP contribution < -0.4 is 10.6 Å². The molecule has 0 unspecified atom stereocenters. The third kappa shape index (κ3) is 7.23. The molecule has 1 heterocycles. The first-order valence-electron chi connectivity index (χ1n) is 9.28. The summed E-state index contributed by atoms with van der Waals surface area (Å²) in [6, 6.07) is 5.95. The summed E-state index contributed by atoms with van der Waals surface area (Å²) in [6.45, 7) is 8.35. The predicted molar refractivity (Wildman–Crippen MR) is 115 cm³/mol. The van der Waals surface area contributed by atoms with Gasteiger partial charge in [0.15, 0.2) is 5.82 Å². The van der Waals surface area contributed by atoms with E-state index in [-0.39, 0.29) is 12.5 Å². The van der Waals surface area contributed by atoms with Crippen LogP contribution in [-0.4, -0.2) is 59.6 Å². The van der Waals surface area contributed by atoms with Gasteiger partial charge in [-0.15, -0.1) is 0 Å². The van der Waals surface area contributed by atoms with Gasteiger partial charge in [0.25, 0.3) is 0 Å². The molecule has 1 aromatic carbocycles. The van der Waals surface area contributed by atoms with E-state index in [1.807, 2.05) is 13.8 Å². The van der Waals surface area contributed by atoms with Gasteiger partial charge in [-0.05, 0) is 38.2 Å². The summed E-state index contributed by atoms with van der Waals surface area (Å²) in [4.78, 5) is 28.8. The largest absolute Gasteiger partial charge is 0.360 e. The monoisotopic (exact) mass is 441 g/mol. The summed E-state index contributed by atoms with van der Waals surface area (Å²) in [5, 5.41) is 9.87. The Kier molecular flexibility index (Phi) is 8.75. The quantitative estimate of drug-likeness (QED) is 0.610. The normalized spacial score (nSPS) is 10.8.